The fourth-order valence-electron chi connectivity index (χ4n) is 13.0. The second kappa shape index (κ2) is 23.4. The number of nitriles is 1. The van der Waals surface area contributed by atoms with Gasteiger partial charge in [-0.05, 0) is 182 Å². The van der Waals surface area contributed by atoms with Crippen LogP contribution >= 0.6 is 0 Å². The van der Waals surface area contributed by atoms with Gasteiger partial charge in [-0.3, -0.25) is 0 Å². The minimum Gasteiger partial charge on any atom is -0.309 e. The van der Waals surface area contributed by atoms with Gasteiger partial charge in [-0.15, -0.1) is 0 Å². The van der Waals surface area contributed by atoms with Gasteiger partial charge in [-0.25, -0.2) is 74.8 Å². The molecule has 0 bridgehead atoms. The van der Waals surface area contributed by atoms with Gasteiger partial charge in [0.1, 0.15) is 46.6 Å². The smallest absolute Gasteiger partial charge is 0.164 e. The molecule has 7 aromatic heterocycles. The van der Waals surface area contributed by atoms with Crippen molar-refractivity contribution in [3.63, 3.8) is 0 Å². The molecule has 0 aliphatic rings. The summed E-state index contributed by atoms with van der Waals surface area (Å²) in [6, 6.07) is 68.8. The van der Waals surface area contributed by atoms with Gasteiger partial charge in [0.25, 0.3) is 0 Å². The van der Waals surface area contributed by atoms with E-state index in [2.05, 4.69) is 144 Å². The van der Waals surface area contributed by atoms with Crippen molar-refractivity contribution in [2.24, 2.45) is 0 Å². The van der Waals surface area contributed by atoms with Crippen LogP contribution in [0.3, 0.4) is 0 Å². The first kappa shape index (κ1) is 58.2. The van der Waals surface area contributed by atoms with E-state index in [1.54, 1.807) is 0 Å². The van der Waals surface area contributed by atoms with Crippen LogP contribution in [0.4, 0.5) is 0 Å². The van der Waals surface area contributed by atoms with Gasteiger partial charge >= 0.3 is 0 Å². The number of hydrogen-bond donors (Lipinski definition) is 0. The summed E-state index contributed by atoms with van der Waals surface area (Å²) in [4.78, 5) is 72.7. The standard InChI is InChI=1S/C78H56N18/c1-42-80-43(2)85-74(84-42)55-24-30-68-62(36-55)63-37-56(75-86-44(3)81-45(4)87-75)25-31-69(63)95(68)66-29-23-54(51-21-19-50(41-79)20-22-51)35-60(66)61-40-59(78-93-72(52-15-11-9-12-16-52)92-73(94-78)53-17-13-10-14-18-53)28-34-67(61)96-70-32-26-57(76-88-46(5)82-47(6)89-76)38-64(70)65-39-58(27-33-71(65)96)77-90-48(7)83-49(8)91-77/h9-40H,1-8H3. The predicted molar refractivity (Wildman–Crippen MR) is 374 cm³/mol. The summed E-state index contributed by atoms with van der Waals surface area (Å²) < 4.78 is 4.68. The van der Waals surface area contributed by atoms with E-state index in [4.69, 9.17) is 54.8 Å². The molecule has 16 rings (SSSR count). The van der Waals surface area contributed by atoms with Gasteiger partial charge in [0.2, 0.25) is 0 Å². The van der Waals surface area contributed by atoms with Crippen molar-refractivity contribution < 1.29 is 0 Å². The summed E-state index contributed by atoms with van der Waals surface area (Å²) >= 11 is 0. The third kappa shape index (κ3) is 10.7. The zero-order valence-corrected chi connectivity index (χ0v) is 53.5. The fourth-order valence-corrected chi connectivity index (χ4v) is 13.0. The Labute approximate surface area is 551 Å². The molecule has 0 N–H and O–H groups in total. The minimum absolute atomic E-state index is 0.479. The summed E-state index contributed by atoms with van der Waals surface area (Å²) in [6.07, 6.45) is 0. The molecule has 18 nitrogen and oxygen atoms in total. The predicted octanol–water partition coefficient (Wildman–Crippen LogP) is 16.1. The highest BCUT2D eigenvalue weighted by Crippen LogP contribution is 2.46. The van der Waals surface area contributed by atoms with Gasteiger partial charge in [0.15, 0.2) is 40.8 Å². The normalized spacial score (nSPS) is 11.5. The number of aryl methyl sites for hydroxylation is 8. The van der Waals surface area contributed by atoms with Gasteiger partial charge < -0.3 is 9.13 Å². The zero-order chi connectivity index (χ0) is 65.5. The molecule has 7 heterocycles. The third-order valence-corrected chi connectivity index (χ3v) is 17.1. The molecule has 0 saturated carbocycles. The summed E-state index contributed by atoms with van der Waals surface area (Å²) in [5.41, 5.74) is 15.3. The van der Waals surface area contributed by atoms with Crippen molar-refractivity contribution in [3.05, 3.63) is 246 Å². The third-order valence-electron chi connectivity index (χ3n) is 17.1. The van der Waals surface area contributed by atoms with E-state index >= 15 is 0 Å². The van der Waals surface area contributed by atoms with Crippen LogP contribution in [0.2, 0.25) is 0 Å². The number of fused-ring (bicyclic) bond motifs is 6. The van der Waals surface area contributed by atoms with E-state index < -0.39 is 0 Å². The topological polar surface area (TPSA) is 227 Å². The highest BCUT2D eigenvalue weighted by atomic mass is 15.1. The Morgan fingerprint density at radius 1 is 0.240 bits per heavy atom. The van der Waals surface area contributed by atoms with Gasteiger partial charge in [-0.1, -0.05) is 78.9 Å². The van der Waals surface area contributed by atoms with E-state index in [-0.39, 0.29) is 0 Å². The molecular formula is C78H56N18. The van der Waals surface area contributed by atoms with Crippen LogP contribution in [0.15, 0.2) is 194 Å². The number of hydrogen-bond acceptors (Lipinski definition) is 16. The Hall–Kier alpha value is -12.9. The van der Waals surface area contributed by atoms with Crippen LogP contribution in [-0.2, 0) is 0 Å². The monoisotopic (exact) mass is 1240 g/mol. The molecule has 0 aliphatic heterocycles. The summed E-state index contributed by atoms with van der Waals surface area (Å²) in [5.74, 6) is 8.84. The van der Waals surface area contributed by atoms with Crippen LogP contribution in [0.1, 0.15) is 52.2 Å². The molecule has 0 saturated heterocycles. The van der Waals surface area contributed by atoms with Gasteiger partial charge in [-0.2, -0.15) is 5.26 Å². The number of nitrogens with zero attached hydrogens (tertiary/aromatic N) is 18. The molecule has 458 valence electrons. The van der Waals surface area contributed by atoms with E-state index in [1.807, 2.05) is 140 Å². The quantitative estimate of drug-likeness (QED) is 0.117. The van der Waals surface area contributed by atoms with Crippen LogP contribution in [-0.4, -0.2) is 83.9 Å². The molecule has 0 unspecified atom stereocenters. The zero-order valence-electron chi connectivity index (χ0n) is 53.5. The second-order valence-corrected chi connectivity index (χ2v) is 23.8. The number of aromatic nitrogens is 17. The molecule has 0 aliphatic carbocycles. The maximum atomic E-state index is 10.1. The van der Waals surface area contributed by atoms with Crippen molar-refractivity contribution in [2.45, 2.75) is 55.4 Å². The molecule has 96 heavy (non-hydrogen) atoms. The molecule has 0 spiro atoms. The van der Waals surface area contributed by atoms with Crippen molar-refractivity contribution in [3.8, 4) is 119 Å². The van der Waals surface area contributed by atoms with Crippen molar-refractivity contribution in [2.75, 3.05) is 0 Å². The molecule has 16 aromatic rings. The number of benzene rings is 9. The summed E-state index contributed by atoms with van der Waals surface area (Å²) in [6.45, 7) is 15.1. The van der Waals surface area contributed by atoms with Crippen LogP contribution < -0.4 is 0 Å². The van der Waals surface area contributed by atoms with E-state index in [0.29, 0.717) is 92.9 Å². The minimum atomic E-state index is 0.479. The summed E-state index contributed by atoms with van der Waals surface area (Å²) in [5, 5.41) is 13.9. The van der Waals surface area contributed by atoms with E-state index in [9.17, 15) is 5.26 Å². The average molecular weight is 1250 g/mol. The molecule has 18 heteroatoms. The largest absolute Gasteiger partial charge is 0.309 e. The first-order chi connectivity index (χ1) is 46.7. The van der Waals surface area contributed by atoms with Crippen LogP contribution in [0.25, 0.3) is 157 Å². The van der Waals surface area contributed by atoms with Crippen molar-refractivity contribution >= 4 is 43.6 Å². The molecule has 9 aromatic carbocycles. The average Bonchev–Trinajstić information content (AvgIpc) is 1.55. The highest BCUT2D eigenvalue weighted by molar-refractivity contribution is 6.14. The van der Waals surface area contributed by atoms with Crippen LogP contribution in [0, 0.1) is 66.7 Å². The Balaban J connectivity index is 1.03. The molecule has 0 fully saturated rings. The summed E-state index contributed by atoms with van der Waals surface area (Å²) in [7, 11) is 0. The Bertz CT molecular complexity index is 5540. The lowest BCUT2D eigenvalue weighted by atomic mass is 9.94. The van der Waals surface area contributed by atoms with E-state index in [0.717, 1.165) is 116 Å². The van der Waals surface area contributed by atoms with E-state index in [1.165, 1.54) is 0 Å². The van der Waals surface area contributed by atoms with Crippen LogP contribution in [0.5, 0.6) is 0 Å². The number of rotatable bonds is 11. The first-order valence-corrected chi connectivity index (χ1v) is 31.3. The molecule has 0 amide bonds. The SMILES string of the molecule is Cc1nc(C)nc(-c2ccc3c(c2)c2cc(-c4nc(C)nc(C)n4)ccc2n3-c2ccc(-c3ccc(C#N)cc3)cc2-c2cc(-c3nc(-c4ccccc4)nc(-c4ccccc4)n3)ccc2-n2c3ccc(-c4nc(C)nc(C)n4)cc3c3cc(-c4nc(C)nc(C)n4)ccc32)n1. The second-order valence-electron chi connectivity index (χ2n) is 23.8. The fraction of sp³-hybridized carbons (Fsp3) is 0.103. The van der Waals surface area contributed by atoms with Crippen molar-refractivity contribution in [1.29, 1.82) is 5.26 Å². The Morgan fingerprint density at radius 2 is 0.500 bits per heavy atom. The molecular weight excluding hydrogens is 1190 g/mol. The lowest BCUT2D eigenvalue weighted by molar-refractivity contribution is 0.928. The van der Waals surface area contributed by atoms with Gasteiger partial charge in [0.05, 0.1) is 45.1 Å². The highest BCUT2D eigenvalue weighted by Gasteiger charge is 2.26. The molecule has 0 radical (unpaired) electrons. The molecule has 0 atom stereocenters. The Kier molecular flexibility index (Phi) is 14.2. The Morgan fingerprint density at radius 3 is 0.823 bits per heavy atom. The first-order valence-electron chi connectivity index (χ1n) is 31.3. The maximum absolute atomic E-state index is 10.1. The lowest BCUT2D eigenvalue weighted by Crippen LogP contribution is -2.04. The maximum Gasteiger partial charge on any atom is 0.164 e. The van der Waals surface area contributed by atoms with Crippen molar-refractivity contribution in [1.82, 2.24) is 83.9 Å². The lowest BCUT2D eigenvalue weighted by Gasteiger charge is -2.21. The van der Waals surface area contributed by atoms with Gasteiger partial charge in [0, 0.05) is 71.6 Å².